The minimum Gasteiger partial charge on any atom is -0.375 e. The summed E-state index contributed by atoms with van der Waals surface area (Å²) in [6.45, 7) is 2.06. The minimum absolute atomic E-state index is 0.120. The van der Waals surface area contributed by atoms with Gasteiger partial charge in [-0.1, -0.05) is 42.0 Å². The van der Waals surface area contributed by atoms with Gasteiger partial charge in [0.05, 0.1) is 6.04 Å². The number of carbonyl (C=O) groups excluding carboxylic acids is 1. The second kappa shape index (κ2) is 4.30. The topological polar surface area (TPSA) is 29.1 Å². The van der Waals surface area contributed by atoms with Crippen LogP contribution in [0.4, 0.5) is 5.69 Å². The van der Waals surface area contributed by atoms with Crippen LogP contribution in [0.3, 0.4) is 0 Å². The van der Waals surface area contributed by atoms with E-state index >= 15 is 0 Å². The molecule has 0 heterocycles. The summed E-state index contributed by atoms with van der Waals surface area (Å²) >= 11 is 0. The molecule has 18 heavy (non-hydrogen) atoms. The molecule has 0 aromatic heterocycles. The summed E-state index contributed by atoms with van der Waals surface area (Å²) in [5.74, 6) is 0.200. The van der Waals surface area contributed by atoms with E-state index in [9.17, 15) is 4.79 Å². The van der Waals surface area contributed by atoms with Gasteiger partial charge >= 0.3 is 0 Å². The van der Waals surface area contributed by atoms with Crippen LogP contribution in [0.1, 0.15) is 21.5 Å². The van der Waals surface area contributed by atoms with Crippen molar-refractivity contribution in [3.8, 4) is 0 Å². The Morgan fingerprint density at radius 2 is 1.78 bits per heavy atom. The van der Waals surface area contributed by atoms with E-state index in [-0.39, 0.29) is 11.8 Å². The molecule has 0 spiro atoms. The number of aryl methyl sites for hydroxylation is 1. The highest BCUT2D eigenvalue weighted by molar-refractivity contribution is 6.05. The lowest BCUT2D eigenvalue weighted by atomic mass is 10.1. The first-order valence-electron chi connectivity index (χ1n) is 6.19. The predicted octanol–water partition coefficient (Wildman–Crippen LogP) is 3.21. The maximum absolute atomic E-state index is 12.2. The average Bonchev–Trinajstić information content (AvgIpc) is 2.70. The molecule has 1 aliphatic carbocycles. The molecule has 1 unspecified atom stereocenters. The van der Waals surface area contributed by atoms with E-state index < -0.39 is 0 Å². The molecule has 2 nitrogen and oxygen atoms in total. The van der Waals surface area contributed by atoms with E-state index in [1.807, 2.05) is 36.4 Å². The monoisotopic (exact) mass is 237 g/mol. The Balaban J connectivity index is 1.81. The second-order valence-corrected chi connectivity index (χ2v) is 4.79. The molecule has 3 rings (SSSR count). The molecule has 1 aliphatic rings. The summed E-state index contributed by atoms with van der Waals surface area (Å²) in [6, 6.07) is 15.9. The zero-order valence-corrected chi connectivity index (χ0v) is 10.3. The number of fused-ring (bicyclic) bond motifs is 1. The Bertz CT molecular complexity index is 586. The number of anilines is 1. The number of benzene rings is 2. The molecular weight excluding hydrogens is 222 g/mol. The van der Waals surface area contributed by atoms with Crippen LogP contribution in [0.5, 0.6) is 0 Å². The summed E-state index contributed by atoms with van der Waals surface area (Å²) < 4.78 is 0. The van der Waals surface area contributed by atoms with Crippen LogP contribution in [0, 0.1) is 6.92 Å². The van der Waals surface area contributed by atoms with E-state index in [1.54, 1.807) is 0 Å². The summed E-state index contributed by atoms with van der Waals surface area (Å²) in [6.07, 6.45) is 0.781. The first kappa shape index (κ1) is 11.0. The van der Waals surface area contributed by atoms with Crippen molar-refractivity contribution in [1.82, 2.24) is 0 Å². The first-order valence-corrected chi connectivity index (χ1v) is 6.19. The van der Waals surface area contributed by atoms with Crippen LogP contribution < -0.4 is 5.32 Å². The van der Waals surface area contributed by atoms with Crippen molar-refractivity contribution in [1.29, 1.82) is 0 Å². The Morgan fingerprint density at radius 1 is 1.06 bits per heavy atom. The maximum Gasteiger partial charge on any atom is 0.185 e. The Morgan fingerprint density at radius 3 is 2.50 bits per heavy atom. The van der Waals surface area contributed by atoms with Gasteiger partial charge < -0.3 is 5.32 Å². The van der Waals surface area contributed by atoms with Crippen molar-refractivity contribution in [2.75, 3.05) is 5.32 Å². The number of hydrogen-bond donors (Lipinski definition) is 1. The number of carbonyl (C=O) groups is 1. The predicted molar refractivity (Wildman–Crippen MR) is 73.1 cm³/mol. The normalized spacial score (nSPS) is 17.6. The van der Waals surface area contributed by atoms with Crippen molar-refractivity contribution in [2.24, 2.45) is 0 Å². The zero-order valence-electron chi connectivity index (χ0n) is 10.3. The third kappa shape index (κ3) is 1.90. The lowest BCUT2D eigenvalue weighted by Crippen LogP contribution is -2.25. The fourth-order valence-corrected chi connectivity index (χ4v) is 2.41. The lowest BCUT2D eigenvalue weighted by Gasteiger charge is -2.12. The van der Waals surface area contributed by atoms with Crippen LogP contribution >= 0.6 is 0 Å². The molecule has 2 aromatic rings. The SMILES string of the molecule is Cc1ccc(NC2Cc3ccccc3C2=O)cc1. The van der Waals surface area contributed by atoms with Gasteiger partial charge in [-0.05, 0) is 24.6 Å². The number of nitrogens with one attached hydrogen (secondary N) is 1. The molecule has 1 atom stereocenters. The van der Waals surface area contributed by atoms with Gasteiger partial charge in [-0.3, -0.25) is 4.79 Å². The highest BCUT2D eigenvalue weighted by atomic mass is 16.1. The summed E-state index contributed by atoms with van der Waals surface area (Å²) in [5, 5.41) is 3.32. The lowest BCUT2D eigenvalue weighted by molar-refractivity contribution is 0.0982. The molecule has 0 fully saturated rings. The Kier molecular flexibility index (Phi) is 2.63. The van der Waals surface area contributed by atoms with Gasteiger partial charge in [-0.25, -0.2) is 0 Å². The molecule has 2 aromatic carbocycles. The number of ketones is 1. The van der Waals surface area contributed by atoms with E-state index in [1.165, 1.54) is 5.56 Å². The third-order valence-corrected chi connectivity index (χ3v) is 3.42. The Hall–Kier alpha value is -2.09. The highest BCUT2D eigenvalue weighted by Gasteiger charge is 2.29. The first-order chi connectivity index (χ1) is 8.74. The minimum atomic E-state index is -0.120. The average molecular weight is 237 g/mol. The van der Waals surface area contributed by atoms with E-state index in [4.69, 9.17) is 0 Å². The summed E-state index contributed by atoms with van der Waals surface area (Å²) in [5.41, 5.74) is 4.24. The molecule has 90 valence electrons. The molecular formula is C16H15NO. The fraction of sp³-hybridized carbons (Fsp3) is 0.188. The van der Waals surface area contributed by atoms with Crippen molar-refractivity contribution in [3.05, 3.63) is 65.2 Å². The smallest absolute Gasteiger partial charge is 0.185 e. The Labute approximate surface area is 107 Å². The molecule has 0 saturated heterocycles. The van der Waals surface area contributed by atoms with E-state index in [0.29, 0.717) is 0 Å². The van der Waals surface area contributed by atoms with Gasteiger partial charge in [0.1, 0.15) is 0 Å². The van der Waals surface area contributed by atoms with Crippen LogP contribution in [0.15, 0.2) is 48.5 Å². The van der Waals surface area contributed by atoms with E-state index in [0.717, 1.165) is 23.2 Å². The van der Waals surface area contributed by atoms with Crippen LogP contribution in [0.25, 0.3) is 0 Å². The summed E-state index contributed by atoms with van der Waals surface area (Å²) in [4.78, 5) is 12.2. The van der Waals surface area contributed by atoms with E-state index in [2.05, 4.69) is 24.4 Å². The van der Waals surface area contributed by atoms with Gasteiger partial charge in [0.15, 0.2) is 5.78 Å². The van der Waals surface area contributed by atoms with Crippen molar-refractivity contribution >= 4 is 11.5 Å². The van der Waals surface area contributed by atoms with Crippen molar-refractivity contribution in [2.45, 2.75) is 19.4 Å². The molecule has 0 radical (unpaired) electrons. The van der Waals surface area contributed by atoms with Crippen LogP contribution in [-0.2, 0) is 6.42 Å². The quantitative estimate of drug-likeness (QED) is 0.869. The molecule has 0 aliphatic heterocycles. The standard InChI is InChI=1S/C16H15NO/c1-11-6-8-13(9-7-11)17-15-10-12-4-2-3-5-14(12)16(15)18/h2-9,15,17H,10H2,1H3. The third-order valence-electron chi connectivity index (χ3n) is 3.42. The number of Topliss-reactive ketones (excluding diaryl/α,β-unsaturated/α-hetero) is 1. The molecule has 0 amide bonds. The van der Waals surface area contributed by atoms with Gasteiger partial charge in [0.25, 0.3) is 0 Å². The molecule has 0 saturated carbocycles. The van der Waals surface area contributed by atoms with Gasteiger partial charge in [-0.2, -0.15) is 0 Å². The summed E-state index contributed by atoms with van der Waals surface area (Å²) in [7, 11) is 0. The molecule has 1 N–H and O–H groups in total. The van der Waals surface area contributed by atoms with Crippen LogP contribution in [0.2, 0.25) is 0 Å². The second-order valence-electron chi connectivity index (χ2n) is 4.79. The van der Waals surface area contributed by atoms with Gasteiger partial charge in [-0.15, -0.1) is 0 Å². The molecule has 2 heteroatoms. The van der Waals surface area contributed by atoms with Crippen LogP contribution in [-0.4, -0.2) is 11.8 Å². The number of rotatable bonds is 2. The number of hydrogen-bond acceptors (Lipinski definition) is 2. The largest absolute Gasteiger partial charge is 0.375 e. The van der Waals surface area contributed by atoms with Gasteiger partial charge in [0, 0.05) is 17.7 Å². The van der Waals surface area contributed by atoms with Gasteiger partial charge in [0.2, 0.25) is 0 Å². The zero-order chi connectivity index (χ0) is 12.5. The fourth-order valence-electron chi connectivity index (χ4n) is 2.41. The molecule has 0 bridgehead atoms. The maximum atomic E-state index is 12.2. The highest BCUT2D eigenvalue weighted by Crippen LogP contribution is 2.24. The van der Waals surface area contributed by atoms with Crippen molar-refractivity contribution in [3.63, 3.8) is 0 Å². The van der Waals surface area contributed by atoms with Crippen molar-refractivity contribution < 1.29 is 4.79 Å².